The van der Waals surface area contributed by atoms with Crippen LogP contribution in [0.15, 0.2) is 60.0 Å². The van der Waals surface area contributed by atoms with Crippen molar-refractivity contribution in [2.45, 2.75) is 0 Å². The van der Waals surface area contributed by atoms with E-state index in [2.05, 4.69) is 10.1 Å². The molecule has 0 N–H and O–H groups in total. The van der Waals surface area contributed by atoms with Gasteiger partial charge in [-0.05, 0) is 24.3 Å². The first-order chi connectivity index (χ1) is 9.34. The van der Waals surface area contributed by atoms with Crippen LogP contribution in [-0.2, 0) is 0 Å². The van der Waals surface area contributed by atoms with Gasteiger partial charge in [-0.3, -0.25) is 14.7 Å². The monoisotopic (exact) mass is 252 g/mol. The summed E-state index contributed by atoms with van der Waals surface area (Å²) in [5.74, 6) is -0.102. The van der Waals surface area contributed by atoms with Crippen molar-refractivity contribution < 1.29 is 4.79 Å². The minimum atomic E-state index is -0.102. The molecule has 94 valence electrons. The van der Waals surface area contributed by atoms with E-state index < -0.39 is 0 Å². The summed E-state index contributed by atoms with van der Waals surface area (Å²) in [6.45, 7) is 0.414. The molecule has 0 fully saturated rings. The summed E-state index contributed by atoms with van der Waals surface area (Å²) in [5, 5.41) is 6.00. The molecule has 1 aliphatic rings. The standard InChI is InChI=1S/C14H12N4O/c19-14(12-5-4-8-15-9-12)17-10-16-18(11-17)13-6-2-1-3-7-13/h1-10H,11H2. The van der Waals surface area contributed by atoms with E-state index >= 15 is 0 Å². The zero-order valence-corrected chi connectivity index (χ0v) is 10.2. The summed E-state index contributed by atoms with van der Waals surface area (Å²) < 4.78 is 0. The number of hydrogen-bond acceptors (Lipinski definition) is 4. The van der Waals surface area contributed by atoms with E-state index in [9.17, 15) is 4.79 Å². The van der Waals surface area contributed by atoms with Gasteiger partial charge in [0.25, 0.3) is 5.91 Å². The fraction of sp³-hybridized carbons (Fsp3) is 0.0714. The van der Waals surface area contributed by atoms with Gasteiger partial charge in [0.05, 0.1) is 11.3 Å². The number of nitrogens with zero attached hydrogens (tertiary/aromatic N) is 4. The molecule has 0 aliphatic carbocycles. The maximum atomic E-state index is 12.2. The fourth-order valence-corrected chi connectivity index (χ4v) is 1.86. The van der Waals surface area contributed by atoms with Gasteiger partial charge in [-0.15, -0.1) is 0 Å². The SMILES string of the molecule is O=C(c1cccnc1)N1C=NN(c2ccccc2)C1. The second kappa shape index (κ2) is 4.89. The highest BCUT2D eigenvalue weighted by Gasteiger charge is 2.22. The first kappa shape index (κ1) is 11.4. The predicted molar refractivity (Wildman–Crippen MR) is 72.7 cm³/mol. The number of benzene rings is 1. The number of hydrazone groups is 1. The van der Waals surface area contributed by atoms with Crippen LogP contribution in [0.3, 0.4) is 0 Å². The molecular formula is C14H12N4O. The summed E-state index contributed by atoms with van der Waals surface area (Å²) in [6, 6.07) is 13.2. The lowest BCUT2D eigenvalue weighted by atomic mass is 10.2. The lowest BCUT2D eigenvalue weighted by molar-refractivity contribution is 0.0860. The van der Waals surface area contributed by atoms with Crippen molar-refractivity contribution in [3.05, 3.63) is 60.4 Å². The van der Waals surface area contributed by atoms with E-state index in [-0.39, 0.29) is 5.91 Å². The Morgan fingerprint density at radius 1 is 1.11 bits per heavy atom. The van der Waals surface area contributed by atoms with E-state index in [1.54, 1.807) is 40.8 Å². The Hall–Kier alpha value is -2.69. The molecule has 1 aliphatic heterocycles. The molecule has 0 saturated heterocycles. The summed E-state index contributed by atoms with van der Waals surface area (Å²) in [7, 11) is 0. The molecule has 0 bridgehead atoms. The molecule has 2 aromatic rings. The van der Waals surface area contributed by atoms with Crippen molar-refractivity contribution in [3.63, 3.8) is 0 Å². The first-order valence-electron chi connectivity index (χ1n) is 5.92. The maximum Gasteiger partial charge on any atom is 0.262 e. The van der Waals surface area contributed by atoms with Gasteiger partial charge in [0, 0.05) is 12.4 Å². The Kier molecular flexibility index (Phi) is 2.94. The van der Waals surface area contributed by atoms with Crippen molar-refractivity contribution in [2.75, 3.05) is 11.7 Å². The molecule has 0 spiro atoms. The summed E-state index contributed by atoms with van der Waals surface area (Å²) in [4.78, 5) is 17.7. The largest absolute Gasteiger partial charge is 0.277 e. The van der Waals surface area contributed by atoms with Crippen LogP contribution in [0.2, 0.25) is 0 Å². The molecule has 3 rings (SSSR count). The molecule has 5 heteroatoms. The highest BCUT2D eigenvalue weighted by Crippen LogP contribution is 2.17. The van der Waals surface area contributed by atoms with Gasteiger partial charge >= 0.3 is 0 Å². The molecular weight excluding hydrogens is 240 g/mol. The number of pyridine rings is 1. The third kappa shape index (κ3) is 2.30. The van der Waals surface area contributed by atoms with E-state index in [4.69, 9.17) is 0 Å². The molecule has 0 atom stereocenters. The van der Waals surface area contributed by atoms with Crippen LogP contribution < -0.4 is 5.01 Å². The number of amides is 1. The fourth-order valence-electron chi connectivity index (χ4n) is 1.86. The number of rotatable bonds is 2. The van der Waals surface area contributed by atoms with Crippen molar-refractivity contribution >= 4 is 17.9 Å². The van der Waals surface area contributed by atoms with Gasteiger partial charge in [0.1, 0.15) is 13.0 Å². The van der Waals surface area contributed by atoms with Gasteiger partial charge in [-0.2, -0.15) is 5.10 Å². The Labute approximate surface area is 110 Å². The number of carbonyl (C=O) groups excluding carboxylic acids is 1. The number of anilines is 1. The third-order valence-electron chi connectivity index (χ3n) is 2.84. The van der Waals surface area contributed by atoms with Crippen molar-refractivity contribution in [2.24, 2.45) is 5.10 Å². The zero-order valence-electron chi connectivity index (χ0n) is 10.2. The van der Waals surface area contributed by atoms with Crippen LogP contribution in [0.4, 0.5) is 5.69 Å². The van der Waals surface area contributed by atoms with Crippen LogP contribution in [0, 0.1) is 0 Å². The Balaban J connectivity index is 1.74. The summed E-state index contributed by atoms with van der Waals surface area (Å²) in [6.07, 6.45) is 4.74. The molecule has 5 nitrogen and oxygen atoms in total. The minimum Gasteiger partial charge on any atom is -0.277 e. The van der Waals surface area contributed by atoms with E-state index in [1.807, 2.05) is 30.3 Å². The highest BCUT2D eigenvalue weighted by molar-refractivity contribution is 6.01. The molecule has 0 unspecified atom stereocenters. The number of aromatic nitrogens is 1. The zero-order chi connectivity index (χ0) is 13.1. The number of para-hydroxylation sites is 1. The van der Waals surface area contributed by atoms with Crippen molar-refractivity contribution in [3.8, 4) is 0 Å². The van der Waals surface area contributed by atoms with Crippen LogP contribution in [0.25, 0.3) is 0 Å². The molecule has 0 radical (unpaired) electrons. The molecule has 2 heterocycles. The van der Waals surface area contributed by atoms with Gasteiger partial charge in [0.2, 0.25) is 0 Å². The number of hydrogen-bond donors (Lipinski definition) is 0. The quantitative estimate of drug-likeness (QED) is 0.820. The summed E-state index contributed by atoms with van der Waals surface area (Å²) in [5.41, 5.74) is 1.52. The van der Waals surface area contributed by atoms with Crippen LogP contribution in [0.1, 0.15) is 10.4 Å². The molecule has 0 saturated carbocycles. The molecule has 1 aromatic heterocycles. The van der Waals surface area contributed by atoms with Crippen molar-refractivity contribution in [1.29, 1.82) is 0 Å². The Bertz CT molecular complexity index is 597. The predicted octanol–water partition coefficient (Wildman–Crippen LogP) is 1.94. The topological polar surface area (TPSA) is 48.8 Å². The smallest absolute Gasteiger partial charge is 0.262 e. The highest BCUT2D eigenvalue weighted by atomic mass is 16.2. The van der Waals surface area contributed by atoms with E-state index in [0.29, 0.717) is 12.2 Å². The average Bonchev–Trinajstić information content (AvgIpc) is 2.98. The van der Waals surface area contributed by atoms with Crippen LogP contribution in [0.5, 0.6) is 0 Å². The van der Waals surface area contributed by atoms with E-state index in [1.165, 1.54) is 0 Å². The van der Waals surface area contributed by atoms with Gasteiger partial charge in [0.15, 0.2) is 0 Å². The van der Waals surface area contributed by atoms with E-state index in [0.717, 1.165) is 5.69 Å². The van der Waals surface area contributed by atoms with Crippen LogP contribution >= 0.6 is 0 Å². The normalized spacial score (nSPS) is 13.9. The van der Waals surface area contributed by atoms with Crippen molar-refractivity contribution in [1.82, 2.24) is 9.88 Å². The van der Waals surface area contributed by atoms with Gasteiger partial charge in [-0.25, -0.2) is 5.01 Å². The maximum absolute atomic E-state index is 12.2. The van der Waals surface area contributed by atoms with Crippen LogP contribution in [-0.4, -0.2) is 28.8 Å². The third-order valence-corrected chi connectivity index (χ3v) is 2.84. The van der Waals surface area contributed by atoms with Gasteiger partial charge in [-0.1, -0.05) is 18.2 Å². The number of carbonyl (C=O) groups is 1. The second-order valence-corrected chi connectivity index (χ2v) is 4.12. The molecule has 1 amide bonds. The summed E-state index contributed by atoms with van der Waals surface area (Å²) >= 11 is 0. The lowest BCUT2D eigenvalue weighted by Crippen LogP contribution is -2.32. The lowest BCUT2D eigenvalue weighted by Gasteiger charge is -2.17. The van der Waals surface area contributed by atoms with Gasteiger partial charge < -0.3 is 0 Å². The average molecular weight is 252 g/mol. The first-order valence-corrected chi connectivity index (χ1v) is 5.92. The minimum absolute atomic E-state index is 0.102. The second-order valence-electron chi connectivity index (χ2n) is 4.12. The Morgan fingerprint density at radius 2 is 1.95 bits per heavy atom. The molecule has 1 aromatic carbocycles. The Morgan fingerprint density at radius 3 is 2.68 bits per heavy atom. The molecule has 19 heavy (non-hydrogen) atoms.